The van der Waals surface area contributed by atoms with E-state index in [0.29, 0.717) is 12.4 Å². The summed E-state index contributed by atoms with van der Waals surface area (Å²) < 4.78 is 17.9. The molecule has 1 heterocycles. The molecule has 0 aliphatic carbocycles. The summed E-state index contributed by atoms with van der Waals surface area (Å²) in [5.74, 6) is 0.394. The van der Waals surface area contributed by atoms with Crippen molar-refractivity contribution in [2.24, 2.45) is 0 Å². The first-order chi connectivity index (χ1) is 6.84. The Morgan fingerprint density at radius 1 is 1.29 bits per heavy atom. The maximum absolute atomic E-state index is 12.5. The Hall–Kier alpha value is -1.42. The van der Waals surface area contributed by atoms with Gasteiger partial charge in [-0.3, -0.25) is 0 Å². The zero-order valence-corrected chi connectivity index (χ0v) is 8.13. The van der Waals surface area contributed by atoms with Gasteiger partial charge in [0.1, 0.15) is 18.2 Å². The second kappa shape index (κ2) is 4.19. The van der Waals surface area contributed by atoms with E-state index >= 15 is 0 Å². The largest absolute Gasteiger partial charge is 0.487 e. The maximum atomic E-state index is 12.5. The van der Waals surface area contributed by atoms with Crippen LogP contribution in [0, 0.1) is 5.82 Å². The van der Waals surface area contributed by atoms with Crippen LogP contribution in [0.4, 0.5) is 4.39 Å². The molecular formula is C10H8FNOS. The van der Waals surface area contributed by atoms with Crippen LogP contribution in [-0.2, 0) is 6.61 Å². The molecular weight excluding hydrogens is 201 g/mol. The Labute approximate surface area is 85.0 Å². The Morgan fingerprint density at radius 3 is 2.71 bits per heavy atom. The lowest BCUT2D eigenvalue weighted by Crippen LogP contribution is -1.95. The molecule has 0 N–H and O–H groups in total. The van der Waals surface area contributed by atoms with E-state index in [9.17, 15) is 4.39 Å². The predicted octanol–water partition coefficient (Wildman–Crippen LogP) is 2.86. The summed E-state index contributed by atoms with van der Waals surface area (Å²) in [6.07, 6.45) is 0. The van der Waals surface area contributed by atoms with E-state index in [-0.39, 0.29) is 5.82 Å². The van der Waals surface area contributed by atoms with E-state index in [4.69, 9.17) is 4.74 Å². The number of thiazole rings is 1. The van der Waals surface area contributed by atoms with Crippen LogP contribution in [-0.4, -0.2) is 4.98 Å². The summed E-state index contributed by atoms with van der Waals surface area (Å²) in [5.41, 5.74) is 2.64. The number of hydrogen-bond acceptors (Lipinski definition) is 3. The number of hydrogen-bond donors (Lipinski definition) is 0. The SMILES string of the molecule is Fc1ccc(OCc2cscn2)cc1. The molecule has 2 rings (SSSR count). The van der Waals surface area contributed by atoms with E-state index in [0.717, 1.165) is 5.69 Å². The zero-order chi connectivity index (χ0) is 9.80. The summed E-state index contributed by atoms with van der Waals surface area (Å²) >= 11 is 1.53. The normalized spacial score (nSPS) is 10.1. The molecule has 0 radical (unpaired) electrons. The third kappa shape index (κ3) is 2.29. The molecule has 0 spiro atoms. The third-order valence-corrected chi connectivity index (χ3v) is 2.32. The van der Waals surface area contributed by atoms with Gasteiger partial charge in [0.2, 0.25) is 0 Å². The fraction of sp³-hybridized carbons (Fsp3) is 0.100. The molecule has 0 atom stereocenters. The molecule has 0 aliphatic rings. The van der Waals surface area contributed by atoms with Crippen molar-refractivity contribution in [1.29, 1.82) is 0 Å². The predicted molar refractivity (Wildman–Crippen MR) is 52.8 cm³/mol. The first kappa shape index (κ1) is 9.15. The topological polar surface area (TPSA) is 22.1 Å². The summed E-state index contributed by atoms with van der Waals surface area (Å²) in [7, 11) is 0. The van der Waals surface area contributed by atoms with Gasteiger partial charge >= 0.3 is 0 Å². The molecule has 1 aromatic carbocycles. The lowest BCUT2D eigenvalue weighted by Gasteiger charge is -2.02. The van der Waals surface area contributed by atoms with Crippen LogP contribution in [0.2, 0.25) is 0 Å². The van der Waals surface area contributed by atoms with Crippen molar-refractivity contribution < 1.29 is 9.13 Å². The Kier molecular flexibility index (Phi) is 2.74. The van der Waals surface area contributed by atoms with Gasteiger partial charge in [-0.1, -0.05) is 0 Å². The van der Waals surface area contributed by atoms with Crippen LogP contribution in [0.25, 0.3) is 0 Å². The van der Waals surface area contributed by atoms with Gasteiger partial charge in [-0.15, -0.1) is 11.3 Å². The van der Waals surface area contributed by atoms with E-state index in [1.807, 2.05) is 5.38 Å². The first-order valence-corrected chi connectivity index (χ1v) is 5.04. The molecule has 0 saturated heterocycles. The molecule has 0 unspecified atom stereocenters. The Balaban J connectivity index is 1.95. The average molecular weight is 209 g/mol. The molecule has 0 amide bonds. The van der Waals surface area contributed by atoms with Gasteiger partial charge < -0.3 is 4.74 Å². The fourth-order valence-corrected chi connectivity index (χ4v) is 1.54. The molecule has 0 aliphatic heterocycles. The molecule has 14 heavy (non-hydrogen) atoms. The van der Waals surface area contributed by atoms with Crippen LogP contribution in [0.5, 0.6) is 5.75 Å². The van der Waals surface area contributed by atoms with Crippen molar-refractivity contribution in [3.63, 3.8) is 0 Å². The lowest BCUT2D eigenvalue weighted by molar-refractivity contribution is 0.301. The van der Waals surface area contributed by atoms with E-state index in [2.05, 4.69) is 4.98 Å². The second-order valence-corrected chi connectivity index (χ2v) is 3.44. The Morgan fingerprint density at radius 2 is 2.07 bits per heavy atom. The summed E-state index contributed by atoms with van der Waals surface area (Å²) in [5, 5.41) is 1.92. The van der Waals surface area contributed by atoms with Gasteiger partial charge in [-0.05, 0) is 24.3 Å². The number of aromatic nitrogens is 1. The van der Waals surface area contributed by atoms with Crippen LogP contribution in [0.3, 0.4) is 0 Å². The second-order valence-electron chi connectivity index (χ2n) is 2.72. The van der Waals surface area contributed by atoms with Gasteiger partial charge in [0.15, 0.2) is 0 Å². The average Bonchev–Trinajstić information content (AvgIpc) is 2.70. The zero-order valence-electron chi connectivity index (χ0n) is 7.31. The summed E-state index contributed by atoms with van der Waals surface area (Å²) in [6.45, 7) is 0.426. The number of ether oxygens (including phenoxy) is 1. The van der Waals surface area contributed by atoms with E-state index in [1.165, 1.54) is 23.5 Å². The minimum Gasteiger partial charge on any atom is -0.487 e. The van der Waals surface area contributed by atoms with Crippen LogP contribution in [0.1, 0.15) is 5.69 Å². The molecule has 4 heteroatoms. The van der Waals surface area contributed by atoms with E-state index < -0.39 is 0 Å². The number of halogens is 1. The minimum atomic E-state index is -0.258. The molecule has 2 nitrogen and oxygen atoms in total. The molecule has 0 saturated carbocycles. The van der Waals surface area contributed by atoms with Crippen molar-refractivity contribution in [2.75, 3.05) is 0 Å². The fourth-order valence-electron chi connectivity index (χ4n) is 0.997. The molecule has 0 fully saturated rings. The highest BCUT2D eigenvalue weighted by Crippen LogP contribution is 2.13. The first-order valence-electron chi connectivity index (χ1n) is 4.10. The maximum Gasteiger partial charge on any atom is 0.131 e. The lowest BCUT2D eigenvalue weighted by atomic mass is 10.3. The molecule has 72 valence electrons. The summed E-state index contributed by atoms with van der Waals surface area (Å²) in [4.78, 5) is 4.07. The molecule has 0 bridgehead atoms. The molecule has 2 aromatic rings. The van der Waals surface area contributed by atoms with Crippen LogP contribution in [0.15, 0.2) is 35.2 Å². The Bertz CT molecular complexity index is 385. The van der Waals surface area contributed by atoms with Gasteiger partial charge in [0.05, 0.1) is 11.2 Å². The highest BCUT2D eigenvalue weighted by atomic mass is 32.1. The van der Waals surface area contributed by atoms with Gasteiger partial charge in [0, 0.05) is 5.38 Å². The molecule has 1 aromatic heterocycles. The monoisotopic (exact) mass is 209 g/mol. The van der Waals surface area contributed by atoms with Crippen molar-refractivity contribution in [3.8, 4) is 5.75 Å². The van der Waals surface area contributed by atoms with Gasteiger partial charge in [-0.25, -0.2) is 9.37 Å². The smallest absolute Gasteiger partial charge is 0.131 e. The van der Waals surface area contributed by atoms with Crippen molar-refractivity contribution in [2.45, 2.75) is 6.61 Å². The van der Waals surface area contributed by atoms with Crippen LogP contribution >= 0.6 is 11.3 Å². The minimum absolute atomic E-state index is 0.258. The number of rotatable bonds is 3. The summed E-state index contributed by atoms with van der Waals surface area (Å²) in [6, 6.07) is 5.94. The number of nitrogens with zero attached hydrogens (tertiary/aromatic N) is 1. The van der Waals surface area contributed by atoms with Crippen molar-refractivity contribution in [1.82, 2.24) is 4.98 Å². The quantitative estimate of drug-likeness (QED) is 0.775. The highest BCUT2D eigenvalue weighted by Gasteiger charge is 1.97. The standard InChI is InChI=1S/C10H8FNOS/c11-8-1-3-10(4-2-8)13-5-9-6-14-7-12-9/h1-4,6-7H,5H2. The van der Waals surface area contributed by atoms with Crippen LogP contribution < -0.4 is 4.74 Å². The van der Waals surface area contributed by atoms with Crippen molar-refractivity contribution in [3.05, 3.63) is 46.7 Å². The number of benzene rings is 1. The van der Waals surface area contributed by atoms with Gasteiger partial charge in [-0.2, -0.15) is 0 Å². The van der Waals surface area contributed by atoms with E-state index in [1.54, 1.807) is 17.6 Å². The van der Waals surface area contributed by atoms with Gasteiger partial charge in [0.25, 0.3) is 0 Å². The highest BCUT2D eigenvalue weighted by molar-refractivity contribution is 7.07. The van der Waals surface area contributed by atoms with Crippen molar-refractivity contribution >= 4 is 11.3 Å². The third-order valence-electron chi connectivity index (χ3n) is 1.68.